The third-order valence-electron chi connectivity index (χ3n) is 4.55. The molecule has 8 heteroatoms. The molecule has 0 saturated carbocycles. The number of benzene rings is 1. The molecule has 1 saturated heterocycles. The Morgan fingerprint density at radius 2 is 2.08 bits per heavy atom. The number of rotatable bonds is 2. The van der Waals surface area contributed by atoms with Crippen LogP contribution in [0.3, 0.4) is 0 Å². The van der Waals surface area contributed by atoms with Crippen molar-refractivity contribution in [2.75, 3.05) is 25.0 Å². The van der Waals surface area contributed by atoms with Crippen LogP contribution in [0.5, 0.6) is 0 Å². The number of halogens is 3. The summed E-state index contributed by atoms with van der Waals surface area (Å²) in [6, 6.07) is 5.05. The molecule has 0 aliphatic carbocycles. The Kier molecular flexibility index (Phi) is 4.92. The maximum absolute atomic E-state index is 12.7. The van der Waals surface area contributed by atoms with E-state index in [0.29, 0.717) is 18.8 Å². The van der Waals surface area contributed by atoms with E-state index in [1.807, 2.05) is 20.8 Å². The minimum Gasteiger partial charge on any atom is -0.369 e. The Morgan fingerprint density at radius 3 is 2.73 bits per heavy atom. The van der Waals surface area contributed by atoms with Gasteiger partial charge >= 0.3 is 12.2 Å². The number of nitrogens with zero attached hydrogens (tertiary/aromatic N) is 2. The molecule has 0 aromatic heterocycles. The quantitative estimate of drug-likeness (QED) is 0.864. The average Bonchev–Trinajstić information content (AvgIpc) is 2.86. The standard InChI is InChI=1S/C18H24F3N3O2/c1-12-7-24(10-17(2,3)26-12)16(25)22-15-6-4-5-13-8-23(9-14(13)15)11-18(19,20)21/h4-6,12H,7-11H2,1-3H3,(H,22,25)/t12-/m1/s1. The summed E-state index contributed by atoms with van der Waals surface area (Å²) in [4.78, 5) is 15.7. The van der Waals surface area contributed by atoms with Crippen molar-refractivity contribution in [1.29, 1.82) is 0 Å². The third kappa shape index (κ3) is 4.48. The van der Waals surface area contributed by atoms with Crippen LogP contribution in [0.4, 0.5) is 23.7 Å². The fourth-order valence-corrected chi connectivity index (χ4v) is 3.78. The number of hydrogen-bond acceptors (Lipinski definition) is 3. The third-order valence-corrected chi connectivity index (χ3v) is 4.55. The molecule has 0 spiro atoms. The van der Waals surface area contributed by atoms with E-state index in [1.54, 1.807) is 23.1 Å². The molecular weight excluding hydrogens is 347 g/mol. The normalized spacial score (nSPS) is 23.0. The van der Waals surface area contributed by atoms with Crippen molar-refractivity contribution in [1.82, 2.24) is 9.80 Å². The van der Waals surface area contributed by atoms with Crippen LogP contribution < -0.4 is 5.32 Å². The number of ether oxygens (including phenoxy) is 1. The second-order valence-corrected chi connectivity index (χ2v) is 7.70. The maximum atomic E-state index is 12.7. The molecule has 1 aromatic rings. The molecule has 144 valence electrons. The van der Waals surface area contributed by atoms with Crippen molar-refractivity contribution in [2.24, 2.45) is 0 Å². The summed E-state index contributed by atoms with van der Waals surface area (Å²) in [6.07, 6.45) is -4.31. The van der Waals surface area contributed by atoms with Crippen molar-refractivity contribution >= 4 is 11.7 Å². The van der Waals surface area contributed by atoms with E-state index >= 15 is 0 Å². The largest absolute Gasteiger partial charge is 0.401 e. The summed E-state index contributed by atoms with van der Waals surface area (Å²) in [5.41, 5.74) is 1.72. The highest BCUT2D eigenvalue weighted by Crippen LogP contribution is 2.32. The Balaban J connectivity index is 1.71. The molecule has 0 radical (unpaired) electrons. The number of nitrogens with one attached hydrogen (secondary N) is 1. The monoisotopic (exact) mass is 371 g/mol. The first-order valence-corrected chi connectivity index (χ1v) is 8.66. The van der Waals surface area contributed by atoms with E-state index in [2.05, 4.69) is 5.32 Å². The molecule has 1 atom stereocenters. The lowest BCUT2D eigenvalue weighted by molar-refractivity contribution is -0.146. The molecular formula is C18H24F3N3O2. The van der Waals surface area contributed by atoms with Crippen LogP contribution >= 0.6 is 0 Å². The molecule has 1 fully saturated rings. The smallest absolute Gasteiger partial charge is 0.369 e. The summed E-state index contributed by atoms with van der Waals surface area (Å²) in [5.74, 6) is 0. The van der Waals surface area contributed by atoms with Crippen LogP contribution in [0.1, 0.15) is 31.9 Å². The summed E-state index contributed by atoms with van der Waals surface area (Å²) in [7, 11) is 0. The van der Waals surface area contributed by atoms with Gasteiger partial charge in [-0.1, -0.05) is 12.1 Å². The van der Waals surface area contributed by atoms with Gasteiger partial charge in [-0.15, -0.1) is 0 Å². The zero-order chi connectivity index (χ0) is 19.1. The second-order valence-electron chi connectivity index (χ2n) is 7.70. The number of alkyl halides is 3. The predicted octanol–water partition coefficient (Wildman–Crippen LogP) is 3.60. The average molecular weight is 371 g/mol. The summed E-state index contributed by atoms with van der Waals surface area (Å²) in [5, 5.41) is 2.88. The van der Waals surface area contributed by atoms with Crippen molar-refractivity contribution in [3.63, 3.8) is 0 Å². The van der Waals surface area contributed by atoms with Gasteiger partial charge in [0.05, 0.1) is 24.8 Å². The molecule has 0 bridgehead atoms. The number of urea groups is 1. The highest BCUT2D eigenvalue weighted by Gasteiger charge is 2.36. The zero-order valence-electron chi connectivity index (χ0n) is 15.2. The highest BCUT2D eigenvalue weighted by molar-refractivity contribution is 5.90. The molecule has 0 unspecified atom stereocenters. The Hall–Kier alpha value is -1.80. The zero-order valence-corrected chi connectivity index (χ0v) is 15.2. The van der Waals surface area contributed by atoms with Crippen molar-refractivity contribution < 1.29 is 22.7 Å². The molecule has 2 aliphatic rings. The number of anilines is 1. The first-order chi connectivity index (χ1) is 12.0. The topological polar surface area (TPSA) is 44.8 Å². The first-order valence-electron chi connectivity index (χ1n) is 8.66. The molecule has 2 heterocycles. The number of hydrogen-bond donors (Lipinski definition) is 1. The van der Waals surface area contributed by atoms with Crippen LogP contribution in [-0.4, -0.2) is 53.3 Å². The highest BCUT2D eigenvalue weighted by atomic mass is 19.4. The fourth-order valence-electron chi connectivity index (χ4n) is 3.78. The predicted molar refractivity (Wildman–Crippen MR) is 91.8 cm³/mol. The second kappa shape index (κ2) is 6.74. The molecule has 1 aromatic carbocycles. The number of fused-ring (bicyclic) bond motifs is 1. The van der Waals surface area contributed by atoms with E-state index < -0.39 is 18.3 Å². The summed E-state index contributed by atoms with van der Waals surface area (Å²) in [6.45, 7) is 6.16. The van der Waals surface area contributed by atoms with Crippen molar-refractivity contribution in [3.05, 3.63) is 29.3 Å². The van der Waals surface area contributed by atoms with Gasteiger partial charge in [0.15, 0.2) is 0 Å². The lowest BCUT2D eigenvalue weighted by Gasteiger charge is -2.41. The number of carbonyl (C=O) groups excluding carboxylic acids is 1. The first kappa shape index (κ1) is 19.0. The molecule has 1 N–H and O–H groups in total. The van der Waals surface area contributed by atoms with Gasteiger partial charge in [0, 0.05) is 25.3 Å². The van der Waals surface area contributed by atoms with Crippen LogP contribution in [-0.2, 0) is 17.8 Å². The van der Waals surface area contributed by atoms with E-state index in [9.17, 15) is 18.0 Å². The number of carbonyl (C=O) groups is 1. The fraction of sp³-hybridized carbons (Fsp3) is 0.611. The van der Waals surface area contributed by atoms with Gasteiger partial charge in [0.25, 0.3) is 0 Å². The van der Waals surface area contributed by atoms with E-state index in [1.165, 1.54) is 4.90 Å². The Labute approximate surface area is 151 Å². The van der Waals surface area contributed by atoms with Gasteiger partial charge in [-0.3, -0.25) is 4.90 Å². The van der Waals surface area contributed by atoms with E-state index in [4.69, 9.17) is 4.74 Å². The summed E-state index contributed by atoms with van der Waals surface area (Å²) >= 11 is 0. The lowest BCUT2D eigenvalue weighted by atomic mass is 10.1. The molecule has 5 nitrogen and oxygen atoms in total. The molecule has 26 heavy (non-hydrogen) atoms. The minimum atomic E-state index is -4.24. The summed E-state index contributed by atoms with van der Waals surface area (Å²) < 4.78 is 43.8. The Morgan fingerprint density at radius 1 is 1.35 bits per heavy atom. The van der Waals surface area contributed by atoms with E-state index in [0.717, 1.165) is 11.1 Å². The van der Waals surface area contributed by atoms with Crippen LogP contribution in [0.15, 0.2) is 18.2 Å². The van der Waals surface area contributed by atoms with Gasteiger partial charge in [-0.05, 0) is 38.0 Å². The molecule has 2 aliphatic heterocycles. The van der Waals surface area contributed by atoms with E-state index in [-0.39, 0.29) is 25.2 Å². The van der Waals surface area contributed by atoms with Gasteiger partial charge in [0.1, 0.15) is 0 Å². The van der Waals surface area contributed by atoms with Gasteiger partial charge in [0.2, 0.25) is 0 Å². The van der Waals surface area contributed by atoms with Gasteiger partial charge < -0.3 is 15.0 Å². The lowest BCUT2D eigenvalue weighted by Crippen LogP contribution is -2.54. The SMILES string of the molecule is C[C@@H]1CN(C(=O)Nc2cccc3c2CN(CC(F)(F)F)C3)CC(C)(C)O1. The minimum absolute atomic E-state index is 0.0757. The maximum Gasteiger partial charge on any atom is 0.401 e. The molecule has 3 rings (SSSR count). The van der Waals surface area contributed by atoms with Crippen molar-refractivity contribution in [2.45, 2.75) is 51.7 Å². The van der Waals surface area contributed by atoms with Gasteiger partial charge in [-0.25, -0.2) is 4.79 Å². The van der Waals surface area contributed by atoms with Crippen LogP contribution in [0.2, 0.25) is 0 Å². The number of amides is 2. The van der Waals surface area contributed by atoms with Crippen molar-refractivity contribution in [3.8, 4) is 0 Å². The molecule has 2 amide bonds. The Bertz CT molecular complexity index is 691. The van der Waals surface area contributed by atoms with Crippen LogP contribution in [0.25, 0.3) is 0 Å². The van der Waals surface area contributed by atoms with Crippen LogP contribution in [0, 0.1) is 0 Å². The van der Waals surface area contributed by atoms with Gasteiger partial charge in [-0.2, -0.15) is 13.2 Å². The number of morpholine rings is 1.